The summed E-state index contributed by atoms with van der Waals surface area (Å²) in [5, 5.41) is 12.6. The molecule has 0 unspecified atom stereocenters. The summed E-state index contributed by atoms with van der Waals surface area (Å²) in [5.74, 6) is 0.101. The fourth-order valence-corrected chi connectivity index (χ4v) is 3.92. The highest BCUT2D eigenvalue weighted by atomic mass is 16.5. The third-order valence-corrected chi connectivity index (χ3v) is 5.40. The van der Waals surface area contributed by atoms with E-state index in [4.69, 9.17) is 0 Å². The van der Waals surface area contributed by atoms with Gasteiger partial charge in [0.05, 0.1) is 5.54 Å². The van der Waals surface area contributed by atoms with Crippen LogP contribution in [0.2, 0.25) is 0 Å². The number of amides is 1. The number of carbonyl (C=O) groups excluding carboxylic acids is 1. The Morgan fingerprint density at radius 2 is 1.50 bits per heavy atom. The second-order valence-corrected chi connectivity index (χ2v) is 7.84. The predicted octanol–water partition coefficient (Wildman–Crippen LogP) is 4.22. The van der Waals surface area contributed by atoms with E-state index in [9.17, 15) is 10.0 Å². The third-order valence-electron chi connectivity index (χ3n) is 5.40. The van der Waals surface area contributed by atoms with Crippen LogP contribution in [0, 0.1) is 0 Å². The first-order valence-electron chi connectivity index (χ1n) is 8.96. The zero-order chi connectivity index (χ0) is 17.2. The number of hydrogen-bond donors (Lipinski definition) is 1. The summed E-state index contributed by atoms with van der Waals surface area (Å²) < 4.78 is 0. The van der Waals surface area contributed by atoms with Gasteiger partial charge >= 0.3 is 0 Å². The first-order valence-corrected chi connectivity index (χ1v) is 8.96. The lowest BCUT2D eigenvalue weighted by Crippen LogP contribution is -2.76. The zero-order valence-electron chi connectivity index (χ0n) is 15.7. The van der Waals surface area contributed by atoms with Crippen LogP contribution in [0.4, 0.5) is 0 Å². The van der Waals surface area contributed by atoms with Crippen LogP contribution >= 0.6 is 0 Å². The molecule has 1 fully saturated rings. The monoisotopic (exact) mass is 312 g/mol. The smallest absolute Gasteiger partial charge is 0.245 e. The van der Waals surface area contributed by atoms with Gasteiger partial charge in [-0.05, 0) is 46.5 Å². The molecule has 1 amide bonds. The minimum Gasteiger partial charge on any atom is -0.334 e. The molecule has 1 rings (SSSR count). The Balaban J connectivity index is 3.45. The van der Waals surface area contributed by atoms with E-state index in [1.165, 1.54) is 5.06 Å². The number of nitrogens with zero attached hydrogens (tertiary/aromatic N) is 2. The van der Waals surface area contributed by atoms with Gasteiger partial charge in [-0.2, -0.15) is 5.06 Å². The summed E-state index contributed by atoms with van der Waals surface area (Å²) in [4.78, 5) is 15.3. The molecule has 0 aromatic carbocycles. The number of hydroxylamine groups is 2. The van der Waals surface area contributed by atoms with Crippen molar-refractivity contribution in [3.8, 4) is 0 Å². The van der Waals surface area contributed by atoms with Crippen LogP contribution in [-0.2, 0) is 4.79 Å². The van der Waals surface area contributed by atoms with E-state index in [0.29, 0.717) is 19.4 Å². The van der Waals surface area contributed by atoms with Crippen LogP contribution < -0.4 is 0 Å². The van der Waals surface area contributed by atoms with E-state index in [0.717, 1.165) is 25.7 Å². The molecule has 1 aliphatic heterocycles. The molecule has 0 bridgehead atoms. The lowest BCUT2D eigenvalue weighted by atomic mass is 9.75. The second-order valence-electron chi connectivity index (χ2n) is 7.84. The Hall–Kier alpha value is -0.610. The van der Waals surface area contributed by atoms with Crippen molar-refractivity contribution in [2.24, 2.45) is 0 Å². The molecule has 1 saturated heterocycles. The molecule has 0 saturated carbocycles. The van der Waals surface area contributed by atoms with E-state index in [1.54, 1.807) is 0 Å². The molecule has 0 aromatic rings. The molecule has 4 heteroatoms. The normalized spacial score (nSPS) is 22.2. The minimum atomic E-state index is -0.763. The van der Waals surface area contributed by atoms with Gasteiger partial charge in [0.15, 0.2) is 0 Å². The minimum absolute atomic E-state index is 0.101. The quantitative estimate of drug-likeness (QED) is 0.798. The maximum absolute atomic E-state index is 13.3. The number of hydrogen-bond acceptors (Lipinski definition) is 3. The summed E-state index contributed by atoms with van der Waals surface area (Å²) in [7, 11) is 0. The highest BCUT2D eigenvalue weighted by molar-refractivity contribution is 5.88. The molecular weight excluding hydrogens is 276 g/mol. The van der Waals surface area contributed by atoms with Gasteiger partial charge in [0.25, 0.3) is 0 Å². The fraction of sp³-hybridized carbons (Fsp3) is 0.944. The SMILES string of the molecule is CCCC1(CCC)C(=O)N(C(C)(C)C)CC(CC)(CC)N1O. The molecule has 0 spiro atoms. The molecular formula is C18H36N2O2. The summed E-state index contributed by atoms with van der Waals surface area (Å²) in [6.07, 6.45) is 4.90. The first kappa shape index (κ1) is 19.4. The summed E-state index contributed by atoms with van der Waals surface area (Å²) in [6.45, 7) is 15.3. The van der Waals surface area contributed by atoms with Gasteiger partial charge < -0.3 is 10.1 Å². The van der Waals surface area contributed by atoms with Crippen LogP contribution in [0.25, 0.3) is 0 Å². The van der Waals surface area contributed by atoms with Crippen molar-refractivity contribution in [3.05, 3.63) is 0 Å². The fourth-order valence-electron chi connectivity index (χ4n) is 3.92. The molecule has 0 aromatic heterocycles. The Morgan fingerprint density at radius 1 is 1.05 bits per heavy atom. The lowest BCUT2D eigenvalue weighted by Gasteiger charge is -2.59. The summed E-state index contributed by atoms with van der Waals surface area (Å²) in [6, 6.07) is 0. The van der Waals surface area contributed by atoms with Gasteiger partial charge in [-0.3, -0.25) is 4.79 Å². The molecule has 1 N–H and O–H groups in total. The van der Waals surface area contributed by atoms with Crippen molar-refractivity contribution in [1.29, 1.82) is 0 Å². The Bertz CT molecular complexity index is 377. The van der Waals surface area contributed by atoms with Crippen LogP contribution in [0.1, 0.15) is 87.0 Å². The summed E-state index contributed by atoms with van der Waals surface area (Å²) >= 11 is 0. The van der Waals surface area contributed by atoms with E-state index in [1.807, 2.05) is 4.90 Å². The topological polar surface area (TPSA) is 43.8 Å². The van der Waals surface area contributed by atoms with Gasteiger partial charge in [0.1, 0.15) is 5.54 Å². The average molecular weight is 312 g/mol. The average Bonchev–Trinajstić information content (AvgIpc) is 2.45. The zero-order valence-corrected chi connectivity index (χ0v) is 15.7. The highest BCUT2D eigenvalue weighted by Crippen LogP contribution is 2.43. The second kappa shape index (κ2) is 6.88. The largest absolute Gasteiger partial charge is 0.334 e. The van der Waals surface area contributed by atoms with Crippen molar-refractivity contribution < 1.29 is 10.0 Å². The lowest BCUT2D eigenvalue weighted by molar-refractivity contribution is -0.273. The van der Waals surface area contributed by atoms with Crippen molar-refractivity contribution in [2.45, 2.75) is 104 Å². The summed E-state index contributed by atoms with van der Waals surface area (Å²) in [5.41, 5.74) is -1.33. The van der Waals surface area contributed by atoms with Crippen molar-refractivity contribution in [2.75, 3.05) is 6.54 Å². The van der Waals surface area contributed by atoms with E-state index < -0.39 is 5.54 Å². The molecule has 0 atom stereocenters. The van der Waals surface area contributed by atoms with Crippen LogP contribution in [0.3, 0.4) is 0 Å². The molecule has 0 radical (unpaired) electrons. The number of carbonyl (C=O) groups is 1. The number of rotatable bonds is 6. The Morgan fingerprint density at radius 3 is 1.82 bits per heavy atom. The Labute approximate surface area is 136 Å². The van der Waals surface area contributed by atoms with Gasteiger partial charge in [-0.15, -0.1) is 0 Å². The predicted molar refractivity (Wildman–Crippen MR) is 91.0 cm³/mol. The van der Waals surface area contributed by atoms with Gasteiger partial charge in [-0.1, -0.05) is 40.5 Å². The Kier molecular flexibility index (Phi) is 6.07. The molecule has 22 heavy (non-hydrogen) atoms. The maximum Gasteiger partial charge on any atom is 0.245 e. The molecule has 1 aliphatic rings. The first-order chi connectivity index (χ1) is 10.1. The molecule has 0 aliphatic carbocycles. The van der Waals surface area contributed by atoms with E-state index in [-0.39, 0.29) is 17.0 Å². The highest BCUT2D eigenvalue weighted by Gasteiger charge is 2.58. The van der Waals surface area contributed by atoms with E-state index >= 15 is 0 Å². The van der Waals surface area contributed by atoms with Crippen molar-refractivity contribution >= 4 is 5.91 Å². The van der Waals surface area contributed by atoms with E-state index in [2.05, 4.69) is 48.5 Å². The number of piperazine rings is 1. The van der Waals surface area contributed by atoms with Crippen molar-refractivity contribution in [3.63, 3.8) is 0 Å². The van der Waals surface area contributed by atoms with Crippen LogP contribution in [-0.4, -0.2) is 44.2 Å². The molecule has 130 valence electrons. The maximum atomic E-state index is 13.3. The van der Waals surface area contributed by atoms with Gasteiger partial charge in [-0.25, -0.2) is 0 Å². The van der Waals surface area contributed by atoms with Crippen LogP contribution in [0.15, 0.2) is 0 Å². The van der Waals surface area contributed by atoms with Crippen LogP contribution in [0.5, 0.6) is 0 Å². The molecule has 4 nitrogen and oxygen atoms in total. The van der Waals surface area contributed by atoms with Gasteiger partial charge in [0, 0.05) is 12.1 Å². The molecule has 1 heterocycles. The third kappa shape index (κ3) is 3.05. The standard InChI is InChI=1S/C18H36N2O2/c1-8-12-18(13-9-2)15(21)19(16(5,6)7)14-17(10-3,11-4)20(18)22/h22H,8-14H2,1-7H3. The van der Waals surface area contributed by atoms with Crippen molar-refractivity contribution in [1.82, 2.24) is 9.96 Å². The van der Waals surface area contributed by atoms with Gasteiger partial charge in [0.2, 0.25) is 5.91 Å².